The van der Waals surface area contributed by atoms with Gasteiger partial charge in [-0.25, -0.2) is 0 Å². The second-order valence-electron chi connectivity index (χ2n) is 5.31. The van der Waals surface area contributed by atoms with Crippen LogP contribution in [0.5, 0.6) is 11.5 Å². The Morgan fingerprint density at radius 2 is 1.61 bits per heavy atom. The summed E-state index contributed by atoms with van der Waals surface area (Å²) in [6, 6.07) is 12.3. The molecule has 0 radical (unpaired) electrons. The maximum absolute atomic E-state index is 12.8. The lowest BCUT2D eigenvalue weighted by molar-refractivity contribution is 0.103. The minimum Gasteiger partial charge on any atom is -0.494 e. The molecule has 0 aliphatic carbocycles. The number of ketones is 1. The van der Waals surface area contributed by atoms with E-state index in [9.17, 15) is 4.79 Å². The Labute approximate surface area is 137 Å². The number of nitrogen functional groups attached to an aromatic ring is 1. The Hall–Kier alpha value is -2.49. The normalized spacial score (nSPS) is 10.3. The van der Waals surface area contributed by atoms with Crippen LogP contribution in [-0.2, 0) is 0 Å². The van der Waals surface area contributed by atoms with Crippen LogP contribution in [0.3, 0.4) is 0 Å². The standard InChI is InChI=1S/C19H23NO3/c1-3-11-22-16-9-10-18(23-12-4-2)17(13-16)19(21)14-5-7-15(20)8-6-14/h5-10,13H,3-4,11-12,20H2,1-2H3. The van der Waals surface area contributed by atoms with Gasteiger partial charge in [-0.2, -0.15) is 0 Å². The highest BCUT2D eigenvalue weighted by molar-refractivity contribution is 6.11. The predicted molar refractivity (Wildman–Crippen MR) is 92.3 cm³/mol. The summed E-state index contributed by atoms with van der Waals surface area (Å²) in [5, 5.41) is 0. The van der Waals surface area contributed by atoms with Gasteiger partial charge in [0.25, 0.3) is 0 Å². The van der Waals surface area contributed by atoms with Gasteiger partial charge in [-0.15, -0.1) is 0 Å². The zero-order valence-electron chi connectivity index (χ0n) is 13.7. The van der Waals surface area contributed by atoms with Crippen LogP contribution in [0.15, 0.2) is 42.5 Å². The number of hydrogen-bond acceptors (Lipinski definition) is 4. The van der Waals surface area contributed by atoms with E-state index >= 15 is 0 Å². The average Bonchev–Trinajstić information content (AvgIpc) is 2.58. The lowest BCUT2D eigenvalue weighted by atomic mass is 10.0. The summed E-state index contributed by atoms with van der Waals surface area (Å²) >= 11 is 0. The lowest BCUT2D eigenvalue weighted by Crippen LogP contribution is -2.07. The molecule has 2 rings (SSSR count). The highest BCUT2D eigenvalue weighted by Gasteiger charge is 2.16. The van der Waals surface area contributed by atoms with Crippen molar-refractivity contribution in [2.45, 2.75) is 26.7 Å². The molecule has 2 N–H and O–H groups in total. The second kappa shape index (κ2) is 8.22. The molecular weight excluding hydrogens is 290 g/mol. The van der Waals surface area contributed by atoms with E-state index in [1.807, 2.05) is 19.9 Å². The van der Waals surface area contributed by atoms with E-state index in [4.69, 9.17) is 15.2 Å². The van der Waals surface area contributed by atoms with Gasteiger partial charge in [0, 0.05) is 11.3 Å². The lowest BCUT2D eigenvalue weighted by Gasteiger charge is -2.13. The first-order valence-corrected chi connectivity index (χ1v) is 7.95. The number of rotatable bonds is 8. The molecule has 122 valence electrons. The van der Waals surface area contributed by atoms with Gasteiger partial charge in [0.2, 0.25) is 0 Å². The molecular formula is C19H23NO3. The van der Waals surface area contributed by atoms with E-state index in [1.54, 1.807) is 36.4 Å². The Kier molecular flexibility index (Phi) is 6.03. The molecule has 2 aromatic rings. The van der Waals surface area contributed by atoms with Crippen LogP contribution in [0, 0.1) is 0 Å². The summed E-state index contributed by atoms with van der Waals surface area (Å²) in [5.74, 6) is 1.16. The first kappa shape index (κ1) is 16.9. The molecule has 0 saturated heterocycles. The molecule has 0 bridgehead atoms. The maximum atomic E-state index is 12.8. The zero-order valence-corrected chi connectivity index (χ0v) is 13.7. The third-order valence-corrected chi connectivity index (χ3v) is 3.30. The van der Waals surface area contributed by atoms with E-state index in [1.165, 1.54) is 0 Å². The maximum Gasteiger partial charge on any atom is 0.196 e. The predicted octanol–water partition coefficient (Wildman–Crippen LogP) is 4.08. The second-order valence-corrected chi connectivity index (χ2v) is 5.31. The van der Waals surface area contributed by atoms with Gasteiger partial charge < -0.3 is 15.2 Å². The molecule has 2 aromatic carbocycles. The minimum absolute atomic E-state index is 0.0990. The largest absolute Gasteiger partial charge is 0.494 e. The number of anilines is 1. The van der Waals surface area contributed by atoms with Gasteiger partial charge in [0.1, 0.15) is 11.5 Å². The van der Waals surface area contributed by atoms with Crippen LogP contribution >= 0.6 is 0 Å². The Bertz CT molecular complexity index is 650. The summed E-state index contributed by atoms with van der Waals surface area (Å²) in [7, 11) is 0. The molecule has 0 aliphatic rings. The van der Waals surface area contributed by atoms with Crippen molar-refractivity contribution in [2.75, 3.05) is 18.9 Å². The van der Waals surface area contributed by atoms with Crippen LogP contribution in [-0.4, -0.2) is 19.0 Å². The number of carbonyl (C=O) groups is 1. The number of hydrogen-bond donors (Lipinski definition) is 1. The van der Waals surface area contributed by atoms with E-state index in [0.29, 0.717) is 41.5 Å². The number of nitrogens with two attached hydrogens (primary N) is 1. The third kappa shape index (κ3) is 4.49. The van der Waals surface area contributed by atoms with E-state index < -0.39 is 0 Å². The van der Waals surface area contributed by atoms with Crippen LogP contribution in [0.2, 0.25) is 0 Å². The topological polar surface area (TPSA) is 61.5 Å². The fraction of sp³-hybridized carbons (Fsp3) is 0.316. The molecule has 0 aliphatic heterocycles. The molecule has 0 fully saturated rings. The van der Waals surface area contributed by atoms with Crippen molar-refractivity contribution in [3.05, 3.63) is 53.6 Å². The van der Waals surface area contributed by atoms with Gasteiger partial charge in [0.15, 0.2) is 5.78 Å². The molecule has 4 nitrogen and oxygen atoms in total. The Morgan fingerprint density at radius 3 is 2.26 bits per heavy atom. The highest BCUT2D eigenvalue weighted by Crippen LogP contribution is 2.27. The third-order valence-electron chi connectivity index (χ3n) is 3.30. The van der Waals surface area contributed by atoms with Crippen molar-refractivity contribution in [3.63, 3.8) is 0 Å². The Morgan fingerprint density at radius 1 is 0.957 bits per heavy atom. The quantitative estimate of drug-likeness (QED) is 0.589. The molecule has 23 heavy (non-hydrogen) atoms. The van der Waals surface area contributed by atoms with Gasteiger partial charge in [-0.05, 0) is 55.3 Å². The summed E-state index contributed by atoms with van der Waals surface area (Å²) in [5.41, 5.74) is 7.40. The summed E-state index contributed by atoms with van der Waals surface area (Å²) in [4.78, 5) is 12.8. The van der Waals surface area contributed by atoms with Crippen molar-refractivity contribution in [2.24, 2.45) is 0 Å². The fourth-order valence-corrected chi connectivity index (χ4v) is 2.12. The van der Waals surface area contributed by atoms with Crippen LogP contribution in [0.1, 0.15) is 42.6 Å². The van der Waals surface area contributed by atoms with Crippen molar-refractivity contribution < 1.29 is 14.3 Å². The van der Waals surface area contributed by atoms with Gasteiger partial charge in [-0.1, -0.05) is 13.8 Å². The smallest absolute Gasteiger partial charge is 0.196 e. The molecule has 0 unspecified atom stereocenters. The molecule has 0 spiro atoms. The highest BCUT2D eigenvalue weighted by atomic mass is 16.5. The summed E-state index contributed by atoms with van der Waals surface area (Å²) < 4.78 is 11.3. The minimum atomic E-state index is -0.0990. The Balaban J connectivity index is 2.34. The van der Waals surface area contributed by atoms with Gasteiger partial charge in [0.05, 0.1) is 18.8 Å². The number of carbonyl (C=O) groups excluding carboxylic acids is 1. The van der Waals surface area contributed by atoms with Crippen molar-refractivity contribution >= 4 is 11.5 Å². The first-order valence-electron chi connectivity index (χ1n) is 7.95. The number of benzene rings is 2. The van der Waals surface area contributed by atoms with Crippen molar-refractivity contribution in [1.29, 1.82) is 0 Å². The van der Waals surface area contributed by atoms with E-state index in [-0.39, 0.29) is 5.78 Å². The molecule has 0 saturated carbocycles. The van der Waals surface area contributed by atoms with Crippen molar-refractivity contribution in [1.82, 2.24) is 0 Å². The van der Waals surface area contributed by atoms with Crippen LogP contribution in [0.25, 0.3) is 0 Å². The summed E-state index contributed by atoms with van der Waals surface area (Å²) in [6.07, 6.45) is 1.79. The van der Waals surface area contributed by atoms with Gasteiger partial charge >= 0.3 is 0 Å². The molecule has 0 heterocycles. The molecule has 0 aromatic heterocycles. The summed E-state index contributed by atoms with van der Waals surface area (Å²) in [6.45, 7) is 5.25. The van der Waals surface area contributed by atoms with E-state index in [2.05, 4.69) is 0 Å². The van der Waals surface area contributed by atoms with Crippen molar-refractivity contribution in [3.8, 4) is 11.5 Å². The SMILES string of the molecule is CCCOc1ccc(OCCC)c(C(=O)c2ccc(N)cc2)c1. The number of ether oxygens (including phenoxy) is 2. The zero-order chi connectivity index (χ0) is 16.7. The molecule has 0 amide bonds. The van der Waals surface area contributed by atoms with E-state index in [0.717, 1.165) is 12.8 Å². The van der Waals surface area contributed by atoms with Crippen LogP contribution in [0.4, 0.5) is 5.69 Å². The van der Waals surface area contributed by atoms with Crippen LogP contribution < -0.4 is 15.2 Å². The average molecular weight is 313 g/mol. The fourth-order valence-electron chi connectivity index (χ4n) is 2.12. The first-order chi connectivity index (χ1) is 11.2. The molecule has 4 heteroatoms. The van der Waals surface area contributed by atoms with Gasteiger partial charge in [-0.3, -0.25) is 4.79 Å². The molecule has 0 atom stereocenters. The monoisotopic (exact) mass is 313 g/mol.